The van der Waals surface area contributed by atoms with Gasteiger partial charge in [0.2, 0.25) is 0 Å². The normalized spacial score (nSPS) is 11.7. The van der Waals surface area contributed by atoms with Crippen LogP contribution in [0.1, 0.15) is 18.1 Å². The van der Waals surface area contributed by atoms with Crippen molar-refractivity contribution >= 4 is 28.2 Å². The number of benzene rings is 2. The molecular weight excluding hydrogens is 382 g/mol. The van der Waals surface area contributed by atoms with E-state index in [-0.39, 0.29) is 19.0 Å². The Morgan fingerprint density at radius 2 is 1.50 bits per heavy atom. The van der Waals surface area contributed by atoms with Crippen LogP contribution in [-0.2, 0) is 14.6 Å². The van der Waals surface area contributed by atoms with Crippen molar-refractivity contribution in [1.29, 1.82) is 0 Å². The van der Waals surface area contributed by atoms with Crippen molar-refractivity contribution in [2.75, 3.05) is 37.8 Å². The quantitative estimate of drug-likeness (QED) is 0.552. The van der Waals surface area contributed by atoms with Crippen LogP contribution in [0.25, 0.3) is 12.2 Å². The molecule has 2 rings (SSSR count). The third-order valence-corrected chi connectivity index (χ3v) is 4.73. The SMILES string of the molecule is CCN(CCO)c1ccc(C=Cc2ccc(OS(=O)(=O)OCCO)cc2)cc1. The summed E-state index contributed by atoms with van der Waals surface area (Å²) in [6.07, 6.45) is 3.85. The zero-order valence-electron chi connectivity index (χ0n) is 15.7. The van der Waals surface area contributed by atoms with Crippen molar-refractivity contribution in [3.05, 3.63) is 59.7 Å². The van der Waals surface area contributed by atoms with E-state index < -0.39 is 17.0 Å². The molecule has 0 aliphatic carbocycles. The van der Waals surface area contributed by atoms with Crippen LogP contribution in [0.15, 0.2) is 48.5 Å². The van der Waals surface area contributed by atoms with Crippen LogP contribution in [0.4, 0.5) is 5.69 Å². The van der Waals surface area contributed by atoms with Gasteiger partial charge in [-0.05, 0) is 42.3 Å². The minimum atomic E-state index is -4.18. The Morgan fingerprint density at radius 3 is 2.00 bits per heavy atom. The van der Waals surface area contributed by atoms with Gasteiger partial charge in [0.25, 0.3) is 0 Å². The molecule has 0 atom stereocenters. The Hall–Kier alpha value is -2.39. The third kappa shape index (κ3) is 6.97. The molecule has 0 radical (unpaired) electrons. The molecule has 152 valence electrons. The molecule has 0 aliphatic heterocycles. The van der Waals surface area contributed by atoms with Crippen molar-refractivity contribution < 1.29 is 27.0 Å². The monoisotopic (exact) mass is 407 g/mol. The van der Waals surface area contributed by atoms with Crippen molar-refractivity contribution in [3.8, 4) is 5.75 Å². The van der Waals surface area contributed by atoms with Gasteiger partial charge in [0.05, 0.1) is 19.8 Å². The van der Waals surface area contributed by atoms with Crippen LogP contribution in [-0.4, -0.2) is 51.5 Å². The van der Waals surface area contributed by atoms with E-state index in [0.29, 0.717) is 6.54 Å². The van der Waals surface area contributed by atoms with E-state index in [4.69, 9.17) is 14.4 Å². The molecule has 8 heteroatoms. The fraction of sp³-hybridized carbons (Fsp3) is 0.300. The zero-order valence-corrected chi connectivity index (χ0v) is 16.5. The first-order valence-corrected chi connectivity index (χ1v) is 10.2. The first kappa shape index (κ1) is 21.9. The van der Waals surface area contributed by atoms with E-state index in [1.165, 1.54) is 12.1 Å². The highest BCUT2D eigenvalue weighted by Gasteiger charge is 2.13. The van der Waals surface area contributed by atoms with E-state index >= 15 is 0 Å². The van der Waals surface area contributed by atoms with Crippen molar-refractivity contribution in [2.24, 2.45) is 0 Å². The molecule has 0 saturated carbocycles. The van der Waals surface area contributed by atoms with Crippen LogP contribution in [0, 0.1) is 0 Å². The molecule has 0 spiro atoms. The number of hydrogen-bond acceptors (Lipinski definition) is 7. The van der Waals surface area contributed by atoms with E-state index in [1.807, 2.05) is 43.3 Å². The van der Waals surface area contributed by atoms with Crippen molar-refractivity contribution in [1.82, 2.24) is 0 Å². The Bertz CT molecular complexity index is 847. The standard InChI is InChI=1S/C20H25NO6S/c1-2-21(13-14-22)19-9-5-17(6-10-19)3-4-18-7-11-20(12-8-18)27-28(24,25)26-16-15-23/h3-12,22-23H,2,13-16H2,1H3. The number of rotatable bonds is 11. The largest absolute Gasteiger partial charge is 0.449 e. The second-order valence-electron chi connectivity index (χ2n) is 5.83. The summed E-state index contributed by atoms with van der Waals surface area (Å²) in [7, 11) is -4.18. The fourth-order valence-corrected chi connectivity index (χ4v) is 3.17. The molecule has 0 aromatic heterocycles. The molecule has 0 heterocycles. The maximum atomic E-state index is 11.5. The molecule has 0 amide bonds. The predicted molar refractivity (Wildman–Crippen MR) is 109 cm³/mol. The van der Waals surface area contributed by atoms with Crippen molar-refractivity contribution in [3.63, 3.8) is 0 Å². The van der Waals surface area contributed by atoms with E-state index in [2.05, 4.69) is 9.08 Å². The second kappa shape index (κ2) is 10.8. The maximum absolute atomic E-state index is 11.5. The average Bonchev–Trinajstić information content (AvgIpc) is 2.70. The van der Waals surface area contributed by atoms with Gasteiger partial charge in [-0.15, -0.1) is 0 Å². The third-order valence-electron chi connectivity index (χ3n) is 3.88. The topological polar surface area (TPSA) is 96.3 Å². The van der Waals surface area contributed by atoms with Gasteiger partial charge in [-0.3, -0.25) is 0 Å². The molecule has 0 unspecified atom stereocenters. The molecule has 7 nitrogen and oxygen atoms in total. The summed E-state index contributed by atoms with van der Waals surface area (Å²) in [5.74, 6) is 0.128. The highest BCUT2D eigenvalue weighted by Crippen LogP contribution is 2.19. The molecule has 0 aliphatic rings. The average molecular weight is 407 g/mol. The number of aliphatic hydroxyl groups excluding tert-OH is 2. The summed E-state index contributed by atoms with van der Waals surface area (Å²) < 4.78 is 32.2. The van der Waals surface area contributed by atoms with Gasteiger partial charge in [0, 0.05) is 18.8 Å². The smallest absolute Gasteiger partial charge is 0.395 e. The summed E-state index contributed by atoms with van der Waals surface area (Å²) in [4.78, 5) is 2.09. The molecule has 28 heavy (non-hydrogen) atoms. The lowest BCUT2D eigenvalue weighted by Gasteiger charge is -2.21. The maximum Gasteiger partial charge on any atom is 0.449 e. The summed E-state index contributed by atoms with van der Waals surface area (Å²) in [6.45, 7) is 2.82. The lowest BCUT2D eigenvalue weighted by atomic mass is 10.1. The lowest BCUT2D eigenvalue weighted by Crippen LogP contribution is -2.25. The zero-order chi connectivity index (χ0) is 20.4. The van der Waals surface area contributed by atoms with Gasteiger partial charge < -0.3 is 19.3 Å². The molecule has 0 saturated heterocycles. The Morgan fingerprint density at radius 1 is 0.929 bits per heavy atom. The van der Waals surface area contributed by atoms with Gasteiger partial charge in [0.15, 0.2) is 0 Å². The highest BCUT2D eigenvalue weighted by molar-refractivity contribution is 7.82. The Kier molecular flexibility index (Phi) is 8.46. The molecule has 0 fully saturated rings. The number of hydrogen-bond donors (Lipinski definition) is 2. The lowest BCUT2D eigenvalue weighted by molar-refractivity contribution is 0.190. The van der Waals surface area contributed by atoms with Gasteiger partial charge in [-0.2, -0.15) is 8.42 Å². The number of likely N-dealkylation sites (N-methyl/N-ethyl adjacent to an activating group) is 1. The van der Waals surface area contributed by atoms with Crippen LogP contribution in [0.2, 0.25) is 0 Å². The van der Waals surface area contributed by atoms with Gasteiger partial charge >= 0.3 is 10.4 Å². The Balaban J connectivity index is 1.99. The molecule has 0 bridgehead atoms. The number of aliphatic hydroxyl groups is 2. The first-order valence-electron chi connectivity index (χ1n) is 8.91. The van der Waals surface area contributed by atoms with Gasteiger partial charge in [-0.25, -0.2) is 4.18 Å². The van der Waals surface area contributed by atoms with Crippen LogP contribution >= 0.6 is 0 Å². The van der Waals surface area contributed by atoms with E-state index in [0.717, 1.165) is 23.4 Å². The minimum absolute atomic E-state index is 0.115. The predicted octanol–water partition coefficient (Wildman–Crippen LogP) is 2.31. The van der Waals surface area contributed by atoms with Crippen molar-refractivity contribution in [2.45, 2.75) is 6.92 Å². The first-order chi connectivity index (χ1) is 13.5. The minimum Gasteiger partial charge on any atom is -0.395 e. The number of nitrogens with zero attached hydrogens (tertiary/aromatic N) is 1. The molecule has 2 N–H and O–H groups in total. The summed E-state index contributed by atoms with van der Waals surface area (Å²) in [5.41, 5.74) is 2.95. The van der Waals surface area contributed by atoms with E-state index in [1.54, 1.807) is 12.1 Å². The van der Waals surface area contributed by atoms with Crippen LogP contribution < -0.4 is 9.08 Å². The molecule has 2 aromatic carbocycles. The van der Waals surface area contributed by atoms with Crippen LogP contribution in [0.3, 0.4) is 0 Å². The number of anilines is 1. The summed E-state index contributed by atoms with van der Waals surface area (Å²) in [5, 5.41) is 17.7. The summed E-state index contributed by atoms with van der Waals surface area (Å²) in [6, 6.07) is 14.5. The van der Waals surface area contributed by atoms with Crippen LogP contribution in [0.5, 0.6) is 5.75 Å². The van der Waals surface area contributed by atoms with Gasteiger partial charge in [0.1, 0.15) is 5.75 Å². The molecule has 2 aromatic rings. The molecular formula is C20H25NO6S. The fourth-order valence-electron chi connectivity index (χ4n) is 2.49. The van der Waals surface area contributed by atoms with E-state index in [9.17, 15) is 8.42 Å². The Labute approximate surface area is 165 Å². The second-order valence-corrected chi connectivity index (χ2v) is 7.05. The van der Waals surface area contributed by atoms with Gasteiger partial charge in [-0.1, -0.05) is 36.4 Å². The highest BCUT2D eigenvalue weighted by atomic mass is 32.3. The summed E-state index contributed by atoms with van der Waals surface area (Å²) >= 11 is 0.